The highest BCUT2D eigenvalue weighted by molar-refractivity contribution is 5.85. The molecule has 0 spiro atoms. The molecular formula is C12H14F2N2O2. The van der Waals surface area contributed by atoms with Gasteiger partial charge in [0.2, 0.25) is 0 Å². The number of aliphatic hydroxyl groups is 1. The van der Waals surface area contributed by atoms with E-state index >= 15 is 0 Å². The van der Waals surface area contributed by atoms with Gasteiger partial charge in [0.05, 0.1) is 0 Å². The van der Waals surface area contributed by atoms with E-state index in [-0.39, 0.29) is 13.1 Å². The fraction of sp³-hybridized carbons (Fsp3) is 0.417. The minimum atomic E-state index is -1.42. The van der Waals surface area contributed by atoms with Crippen molar-refractivity contribution >= 4 is 5.91 Å². The molecule has 1 aliphatic rings. The lowest BCUT2D eigenvalue weighted by Crippen LogP contribution is -2.48. The Balaban J connectivity index is 1.97. The van der Waals surface area contributed by atoms with Crippen molar-refractivity contribution in [2.75, 3.05) is 13.1 Å². The molecule has 1 aromatic rings. The van der Waals surface area contributed by atoms with Gasteiger partial charge in [0.1, 0.15) is 11.6 Å². The van der Waals surface area contributed by atoms with Gasteiger partial charge < -0.3 is 15.7 Å². The van der Waals surface area contributed by atoms with Crippen molar-refractivity contribution in [3.8, 4) is 0 Å². The molecule has 1 heterocycles. The van der Waals surface area contributed by atoms with E-state index in [0.29, 0.717) is 18.5 Å². The predicted molar refractivity (Wildman–Crippen MR) is 60.6 cm³/mol. The molecule has 1 aliphatic heterocycles. The van der Waals surface area contributed by atoms with E-state index in [1.54, 1.807) is 0 Å². The van der Waals surface area contributed by atoms with Gasteiger partial charge in [-0.25, -0.2) is 8.78 Å². The Kier molecular flexibility index (Phi) is 3.58. The lowest BCUT2D eigenvalue weighted by Gasteiger charge is -2.20. The highest BCUT2D eigenvalue weighted by atomic mass is 19.1. The molecule has 6 heteroatoms. The van der Waals surface area contributed by atoms with Crippen LogP contribution in [0.25, 0.3) is 0 Å². The van der Waals surface area contributed by atoms with Crippen LogP contribution in [0.2, 0.25) is 0 Å². The number of β-amino-alcohol motifs (C(OH)–C–C–N with tert-alkyl or cyclic N) is 1. The van der Waals surface area contributed by atoms with Gasteiger partial charge in [0.25, 0.3) is 5.91 Å². The zero-order valence-corrected chi connectivity index (χ0v) is 9.67. The number of carbonyl (C=O) groups is 1. The molecule has 0 bridgehead atoms. The highest BCUT2D eigenvalue weighted by Gasteiger charge is 2.38. The second-order valence-electron chi connectivity index (χ2n) is 4.42. The number of amides is 1. The van der Waals surface area contributed by atoms with Gasteiger partial charge in [-0.2, -0.15) is 0 Å². The molecule has 1 aromatic carbocycles. The van der Waals surface area contributed by atoms with Crippen molar-refractivity contribution in [2.45, 2.75) is 18.6 Å². The van der Waals surface area contributed by atoms with Crippen LogP contribution in [0.4, 0.5) is 8.78 Å². The second kappa shape index (κ2) is 4.99. The molecule has 4 nitrogen and oxygen atoms in total. The van der Waals surface area contributed by atoms with Crippen molar-refractivity contribution in [3.63, 3.8) is 0 Å². The number of halogens is 2. The molecule has 0 radical (unpaired) electrons. The number of carbonyl (C=O) groups excluding carboxylic acids is 1. The van der Waals surface area contributed by atoms with E-state index in [9.17, 15) is 18.7 Å². The highest BCUT2D eigenvalue weighted by Crippen LogP contribution is 2.14. The van der Waals surface area contributed by atoms with Crippen molar-refractivity contribution in [3.05, 3.63) is 35.4 Å². The summed E-state index contributed by atoms with van der Waals surface area (Å²) < 4.78 is 25.8. The van der Waals surface area contributed by atoms with Crippen LogP contribution in [0.3, 0.4) is 0 Å². The Morgan fingerprint density at radius 3 is 2.61 bits per heavy atom. The maximum atomic E-state index is 12.9. The molecular weight excluding hydrogens is 242 g/mol. The summed E-state index contributed by atoms with van der Waals surface area (Å²) in [4.78, 5) is 11.7. The van der Waals surface area contributed by atoms with Crippen molar-refractivity contribution in [2.24, 2.45) is 0 Å². The molecule has 1 fully saturated rings. The standard InChI is InChI=1S/C12H14F2N2O2/c13-9-3-8(4-10(14)5-9)6-16-11(17)12(18)1-2-15-7-12/h3-5,15,18H,1-2,6-7H2,(H,16,17). The maximum absolute atomic E-state index is 12.9. The summed E-state index contributed by atoms with van der Waals surface area (Å²) >= 11 is 0. The summed E-state index contributed by atoms with van der Waals surface area (Å²) in [5.41, 5.74) is -1.11. The van der Waals surface area contributed by atoms with E-state index in [1.807, 2.05) is 0 Å². The molecule has 1 atom stereocenters. The molecule has 2 rings (SSSR count). The summed E-state index contributed by atoms with van der Waals surface area (Å²) in [6.07, 6.45) is 0.330. The fourth-order valence-corrected chi connectivity index (χ4v) is 1.93. The summed E-state index contributed by atoms with van der Waals surface area (Å²) in [6, 6.07) is 3.04. The second-order valence-corrected chi connectivity index (χ2v) is 4.42. The SMILES string of the molecule is O=C(NCc1cc(F)cc(F)c1)C1(O)CCNC1. The normalized spacial score (nSPS) is 23.1. The zero-order valence-electron chi connectivity index (χ0n) is 9.67. The molecule has 0 aliphatic carbocycles. The van der Waals surface area contributed by atoms with E-state index in [2.05, 4.69) is 10.6 Å². The quantitative estimate of drug-likeness (QED) is 0.729. The molecule has 98 valence electrons. The van der Waals surface area contributed by atoms with E-state index in [1.165, 1.54) is 0 Å². The Labute approximate surface area is 103 Å². The molecule has 1 saturated heterocycles. The van der Waals surface area contributed by atoms with Crippen LogP contribution in [0.5, 0.6) is 0 Å². The van der Waals surface area contributed by atoms with Crippen LogP contribution in [-0.2, 0) is 11.3 Å². The third-order valence-electron chi connectivity index (χ3n) is 2.93. The largest absolute Gasteiger partial charge is 0.379 e. The van der Waals surface area contributed by atoms with Crippen LogP contribution in [0.1, 0.15) is 12.0 Å². The van der Waals surface area contributed by atoms with E-state index < -0.39 is 23.1 Å². The fourth-order valence-electron chi connectivity index (χ4n) is 1.93. The number of benzene rings is 1. The monoisotopic (exact) mass is 256 g/mol. The average molecular weight is 256 g/mol. The first-order valence-corrected chi connectivity index (χ1v) is 5.66. The molecule has 3 N–H and O–H groups in total. The summed E-state index contributed by atoms with van der Waals surface area (Å²) in [7, 11) is 0. The van der Waals surface area contributed by atoms with Crippen molar-refractivity contribution < 1.29 is 18.7 Å². The van der Waals surface area contributed by atoms with Crippen molar-refractivity contribution in [1.82, 2.24) is 10.6 Å². The van der Waals surface area contributed by atoms with Gasteiger partial charge in [0.15, 0.2) is 5.60 Å². The molecule has 18 heavy (non-hydrogen) atoms. The summed E-state index contributed by atoms with van der Waals surface area (Å²) in [5, 5.41) is 15.3. The summed E-state index contributed by atoms with van der Waals surface area (Å²) in [6.45, 7) is 0.741. The third kappa shape index (κ3) is 2.83. The Bertz CT molecular complexity index is 439. The Morgan fingerprint density at radius 1 is 1.39 bits per heavy atom. The van der Waals surface area contributed by atoms with Crippen LogP contribution < -0.4 is 10.6 Å². The molecule has 1 unspecified atom stereocenters. The van der Waals surface area contributed by atoms with Crippen LogP contribution >= 0.6 is 0 Å². The zero-order chi connectivity index (χ0) is 13.2. The molecule has 1 amide bonds. The Morgan fingerprint density at radius 2 is 2.06 bits per heavy atom. The first-order chi connectivity index (χ1) is 8.49. The van der Waals surface area contributed by atoms with Gasteiger partial charge >= 0.3 is 0 Å². The predicted octanol–water partition coefficient (Wildman–Crippen LogP) is 0.305. The van der Waals surface area contributed by atoms with Gasteiger partial charge in [-0.15, -0.1) is 0 Å². The van der Waals surface area contributed by atoms with Gasteiger partial charge in [-0.05, 0) is 30.7 Å². The van der Waals surface area contributed by atoms with Gasteiger partial charge in [0, 0.05) is 19.2 Å². The topological polar surface area (TPSA) is 61.4 Å². The van der Waals surface area contributed by atoms with Crippen molar-refractivity contribution in [1.29, 1.82) is 0 Å². The van der Waals surface area contributed by atoms with Crippen LogP contribution in [-0.4, -0.2) is 29.7 Å². The van der Waals surface area contributed by atoms with Gasteiger partial charge in [-0.3, -0.25) is 4.79 Å². The van der Waals surface area contributed by atoms with E-state index in [0.717, 1.165) is 18.2 Å². The minimum absolute atomic E-state index is 0.0180. The molecule has 0 aromatic heterocycles. The maximum Gasteiger partial charge on any atom is 0.253 e. The lowest BCUT2D eigenvalue weighted by molar-refractivity contribution is -0.138. The van der Waals surface area contributed by atoms with Crippen LogP contribution in [0.15, 0.2) is 18.2 Å². The number of nitrogens with one attached hydrogen (secondary N) is 2. The number of rotatable bonds is 3. The first-order valence-electron chi connectivity index (χ1n) is 5.66. The van der Waals surface area contributed by atoms with Crippen LogP contribution in [0, 0.1) is 11.6 Å². The minimum Gasteiger partial charge on any atom is -0.379 e. The average Bonchev–Trinajstić information content (AvgIpc) is 2.73. The Hall–Kier alpha value is -1.53. The number of hydrogen-bond donors (Lipinski definition) is 3. The molecule has 0 saturated carbocycles. The number of hydrogen-bond acceptors (Lipinski definition) is 3. The van der Waals surface area contributed by atoms with E-state index in [4.69, 9.17) is 0 Å². The summed E-state index contributed by atoms with van der Waals surface area (Å²) in [5.74, 6) is -1.92. The lowest BCUT2D eigenvalue weighted by atomic mass is 10.0. The third-order valence-corrected chi connectivity index (χ3v) is 2.93. The smallest absolute Gasteiger partial charge is 0.253 e. The van der Waals surface area contributed by atoms with Gasteiger partial charge in [-0.1, -0.05) is 0 Å². The first kappa shape index (κ1) is 12.9.